The molecule has 0 spiro atoms. The van der Waals surface area contributed by atoms with E-state index in [-0.39, 0.29) is 98.6 Å². The van der Waals surface area contributed by atoms with Crippen molar-refractivity contribution in [1.29, 1.82) is 0 Å². The molecule has 2 N–H and O–H groups in total. The van der Waals surface area contributed by atoms with Gasteiger partial charge in [-0.2, -0.15) is 0 Å². The quantitative estimate of drug-likeness (QED) is 0.366. The predicted octanol–water partition coefficient (Wildman–Crippen LogP) is -12.8. The van der Waals surface area contributed by atoms with Gasteiger partial charge in [-0.3, -0.25) is 0 Å². The van der Waals surface area contributed by atoms with Crippen LogP contribution in [0.4, 0.5) is 0 Å². The van der Waals surface area contributed by atoms with Crippen LogP contribution in [-0.2, 0) is 0 Å². The zero-order valence-electron chi connectivity index (χ0n) is 3.26. The van der Waals surface area contributed by atoms with E-state index < -0.39 is 0 Å². The summed E-state index contributed by atoms with van der Waals surface area (Å²) in [6.07, 6.45) is 0. The van der Waals surface area contributed by atoms with Crippen LogP contribution in [-0.4, -0.2) is 5.48 Å². The van der Waals surface area contributed by atoms with Gasteiger partial charge in [-0.1, -0.05) is 0 Å². The zero-order chi connectivity index (χ0) is 0. The Morgan fingerprint density at radius 2 is 0.600 bits per heavy atom. The summed E-state index contributed by atoms with van der Waals surface area (Å²) in [6.45, 7) is 0. The van der Waals surface area contributed by atoms with Crippen LogP contribution in [0.15, 0.2) is 0 Å². The van der Waals surface area contributed by atoms with Crippen molar-refractivity contribution < 1.29 is 98.6 Å². The third-order valence-corrected chi connectivity index (χ3v) is 0. The first-order valence-electron chi connectivity index (χ1n) is 0. The van der Waals surface area contributed by atoms with Crippen molar-refractivity contribution in [2.24, 2.45) is 0 Å². The summed E-state index contributed by atoms with van der Waals surface area (Å²) in [4.78, 5) is 0. The number of hydrogen-bond donors (Lipinski definition) is 0. The summed E-state index contributed by atoms with van der Waals surface area (Å²) in [6, 6.07) is 0. The Morgan fingerprint density at radius 3 is 0.600 bits per heavy atom. The second-order valence-corrected chi connectivity index (χ2v) is 0. The minimum atomic E-state index is 0. The molecule has 0 amide bonds. The SMILES string of the molecule is O.[Br-].[Br-].[Na+].[Na+]. The van der Waals surface area contributed by atoms with E-state index in [9.17, 15) is 0 Å². The van der Waals surface area contributed by atoms with Crippen LogP contribution in [0.5, 0.6) is 0 Å². The monoisotopic (exact) mass is 222 g/mol. The Morgan fingerprint density at radius 1 is 0.600 bits per heavy atom. The Hall–Kier alpha value is 2.92. The van der Waals surface area contributed by atoms with Crippen molar-refractivity contribution in [2.75, 3.05) is 0 Å². The summed E-state index contributed by atoms with van der Waals surface area (Å²) in [5.74, 6) is 0. The molecule has 5 heteroatoms. The van der Waals surface area contributed by atoms with Crippen LogP contribution in [0.2, 0.25) is 0 Å². The number of halogens is 2. The standard InChI is InChI=1S/2BrH.2Na.H2O/h2*1H;;;1H2/q;;2*+1;/p-2. The molecule has 0 atom stereocenters. The van der Waals surface area contributed by atoms with Crippen molar-refractivity contribution in [3.8, 4) is 0 Å². The fourth-order valence-corrected chi connectivity index (χ4v) is 0. The van der Waals surface area contributed by atoms with Gasteiger partial charge in [0.2, 0.25) is 0 Å². The molecule has 0 rings (SSSR count). The van der Waals surface area contributed by atoms with Crippen LogP contribution in [0.1, 0.15) is 0 Å². The maximum atomic E-state index is 0. The van der Waals surface area contributed by atoms with Gasteiger partial charge in [0.05, 0.1) is 0 Å². The average Bonchev–Trinajstić information content (AvgIpc) is 0. The molecule has 0 aliphatic rings. The van der Waals surface area contributed by atoms with E-state index in [0.717, 1.165) is 0 Å². The fraction of sp³-hybridized carbons (Fsp3) is 0. The van der Waals surface area contributed by atoms with E-state index in [1.54, 1.807) is 0 Å². The number of rotatable bonds is 0. The van der Waals surface area contributed by atoms with Crippen molar-refractivity contribution in [2.45, 2.75) is 0 Å². The van der Waals surface area contributed by atoms with Crippen molar-refractivity contribution in [1.82, 2.24) is 0 Å². The molecular weight excluding hydrogens is 222 g/mol. The van der Waals surface area contributed by atoms with Crippen LogP contribution < -0.4 is 93.1 Å². The molecule has 0 saturated heterocycles. The number of hydrogen-bond acceptors (Lipinski definition) is 0. The van der Waals surface area contributed by atoms with Gasteiger partial charge >= 0.3 is 59.1 Å². The molecule has 1 nitrogen and oxygen atoms in total. The van der Waals surface area contributed by atoms with Gasteiger partial charge in [-0.15, -0.1) is 0 Å². The second kappa shape index (κ2) is 28.4. The van der Waals surface area contributed by atoms with Gasteiger partial charge < -0.3 is 39.4 Å². The molecule has 24 valence electrons. The Kier molecular flexibility index (Phi) is 253. The average molecular weight is 224 g/mol. The molecule has 0 aliphatic heterocycles. The van der Waals surface area contributed by atoms with Gasteiger partial charge in [-0.05, 0) is 0 Å². The molecule has 0 aliphatic carbocycles. The van der Waals surface area contributed by atoms with E-state index in [1.165, 1.54) is 0 Å². The van der Waals surface area contributed by atoms with Crippen molar-refractivity contribution in [3.63, 3.8) is 0 Å². The molecule has 0 aromatic heterocycles. The topological polar surface area (TPSA) is 31.5 Å². The van der Waals surface area contributed by atoms with E-state index in [1.807, 2.05) is 0 Å². The second-order valence-electron chi connectivity index (χ2n) is 0. The normalized spacial score (nSPS) is 0. The molecule has 0 saturated carbocycles. The summed E-state index contributed by atoms with van der Waals surface area (Å²) in [7, 11) is 0. The summed E-state index contributed by atoms with van der Waals surface area (Å²) >= 11 is 0. The van der Waals surface area contributed by atoms with Crippen LogP contribution in [0.3, 0.4) is 0 Å². The van der Waals surface area contributed by atoms with Gasteiger partial charge in [0.25, 0.3) is 0 Å². The third kappa shape index (κ3) is 19.6. The first-order valence-corrected chi connectivity index (χ1v) is 0. The van der Waals surface area contributed by atoms with E-state index in [0.29, 0.717) is 0 Å². The molecule has 0 aromatic rings. The maximum Gasteiger partial charge on any atom is 1.00 e. The van der Waals surface area contributed by atoms with Crippen LogP contribution in [0.25, 0.3) is 0 Å². The first kappa shape index (κ1) is 44.5. The Bertz CT molecular complexity index is 7.61. The fourth-order valence-electron chi connectivity index (χ4n) is 0. The Balaban J connectivity index is 0. The smallest absolute Gasteiger partial charge is 1.00 e. The van der Waals surface area contributed by atoms with Crippen molar-refractivity contribution in [3.05, 3.63) is 0 Å². The summed E-state index contributed by atoms with van der Waals surface area (Å²) in [5.41, 5.74) is 0. The molecule has 0 heterocycles. The largest absolute Gasteiger partial charge is 1.00 e. The molecule has 0 unspecified atom stereocenters. The predicted molar refractivity (Wildman–Crippen MR) is 3.61 cm³/mol. The zero-order valence-corrected chi connectivity index (χ0v) is 10.4. The Labute approximate surface area is 96.7 Å². The molecule has 5 heavy (non-hydrogen) atoms. The van der Waals surface area contributed by atoms with Crippen LogP contribution in [0, 0.1) is 0 Å². The van der Waals surface area contributed by atoms with E-state index in [4.69, 9.17) is 0 Å². The molecule has 0 aromatic carbocycles. The maximum absolute atomic E-state index is 0. The van der Waals surface area contributed by atoms with Gasteiger partial charge in [0, 0.05) is 0 Å². The van der Waals surface area contributed by atoms with Gasteiger partial charge in [-0.25, -0.2) is 0 Å². The molecular formula is H2Br2Na2O. The van der Waals surface area contributed by atoms with E-state index >= 15 is 0 Å². The van der Waals surface area contributed by atoms with Gasteiger partial charge in [0.15, 0.2) is 0 Å². The van der Waals surface area contributed by atoms with Gasteiger partial charge in [0.1, 0.15) is 0 Å². The molecule has 0 fully saturated rings. The molecule has 0 bridgehead atoms. The molecule has 0 radical (unpaired) electrons. The van der Waals surface area contributed by atoms with Crippen LogP contribution >= 0.6 is 0 Å². The first-order chi connectivity index (χ1) is 0. The summed E-state index contributed by atoms with van der Waals surface area (Å²) < 4.78 is 0. The summed E-state index contributed by atoms with van der Waals surface area (Å²) in [5, 5.41) is 0. The van der Waals surface area contributed by atoms with Crippen molar-refractivity contribution >= 4 is 0 Å². The van der Waals surface area contributed by atoms with E-state index in [2.05, 4.69) is 0 Å². The third-order valence-electron chi connectivity index (χ3n) is 0. The minimum absolute atomic E-state index is 0. The minimum Gasteiger partial charge on any atom is -1.00 e.